The molecule has 1 aromatic heterocycles. The van der Waals surface area contributed by atoms with Crippen molar-refractivity contribution in [2.24, 2.45) is 0 Å². The van der Waals surface area contributed by atoms with Crippen LogP contribution in [0.2, 0.25) is 0 Å². The van der Waals surface area contributed by atoms with E-state index in [0.717, 1.165) is 22.4 Å². The summed E-state index contributed by atoms with van der Waals surface area (Å²) < 4.78 is 12.8. The fraction of sp³-hybridized carbons (Fsp3) is 0.304. The van der Waals surface area contributed by atoms with Crippen LogP contribution in [0, 0.1) is 13.8 Å². The summed E-state index contributed by atoms with van der Waals surface area (Å²) >= 11 is 0. The highest BCUT2D eigenvalue weighted by molar-refractivity contribution is 6.06. The lowest BCUT2D eigenvalue weighted by atomic mass is 9.94. The molecule has 0 bridgehead atoms. The number of fused-ring (bicyclic) bond motifs is 1. The van der Waals surface area contributed by atoms with Crippen molar-refractivity contribution in [3.63, 3.8) is 0 Å². The van der Waals surface area contributed by atoms with E-state index >= 15 is 0 Å². The molecule has 9 heteroatoms. The molecule has 166 valence electrons. The Morgan fingerprint density at radius 3 is 2.75 bits per heavy atom. The zero-order valence-corrected chi connectivity index (χ0v) is 18.8. The van der Waals surface area contributed by atoms with Crippen molar-refractivity contribution in [3.05, 3.63) is 64.4 Å². The highest BCUT2D eigenvalue weighted by atomic mass is 16.5. The van der Waals surface area contributed by atoms with Crippen molar-refractivity contribution in [1.29, 1.82) is 0 Å². The Balaban J connectivity index is 1.79. The second-order valence-electron chi connectivity index (χ2n) is 7.56. The number of benzene rings is 2. The summed E-state index contributed by atoms with van der Waals surface area (Å²) in [6.45, 7) is 8.23. The number of tetrazole rings is 1. The molecule has 2 aromatic carbocycles. The zero-order chi connectivity index (χ0) is 22.8. The molecule has 9 nitrogen and oxygen atoms in total. The molecular weight excluding hydrogens is 408 g/mol. The van der Waals surface area contributed by atoms with Crippen LogP contribution in [0.1, 0.15) is 36.6 Å². The lowest BCUT2D eigenvalue weighted by molar-refractivity contribution is -0.113. The smallest absolute Gasteiger partial charge is 0.255 e. The molecule has 0 radical (unpaired) electrons. The molecule has 4 rings (SSSR count). The Kier molecular flexibility index (Phi) is 5.81. The number of hydrogen-bond donors (Lipinski definition) is 2. The number of methoxy groups -OCH3 is 1. The summed E-state index contributed by atoms with van der Waals surface area (Å²) in [7, 11) is 1.59. The highest BCUT2D eigenvalue weighted by Crippen LogP contribution is 2.38. The molecule has 32 heavy (non-hydrogen) atoms. The lowest BCUT2D eigenvalue weighted by Gasteiger charge is -2.28. The SMILES string of the molecule is CCOc1cc(C2C(C(=O)Nc3cccc(C)c3C)=C(C)Nc3nnnn32)ccc1OC. The summed E-state index contributed by atoms with van der Waals surface area (Å²) in [4.78, 5) is 13.5. The maximum absolute atomic E-state index is 13.5. The van der Waals surface area contributed by atoms with Crippen LogP contribution >= 0.6 is 0 Å². The van der Waals surface area contributed by atoms with E-state index in [9.17, 15) is 4.79 Å². The fourth-order valence-electron chi connectivity index (χ4n) is 3.82. The molecule has 2 N–H and O–H groups in total. The second kappa shape index (κ2) is 8.70. The number of hydrogen-bond acceptors (Lipinski definition) is 7. The summed E-state index contributed by atoms with van der Waals surface area (Å²) in [5.41, 5.74) is 4.87. The van der Waals surface area contributed by atoms with E-state index in [1.165, 1.54) is 0 Å². The number of aromatic nitrogens is 4. The third kappa shape index (κ3) is 3.77. The van der Waals surface area contributed by atoms with Crippen LogP contribution in [0.25, 0.3) is 0 Å². The minimum absolute atomic E-state index is 0.233. The first-order valence-corrected chi connectivity index (χ1v) is 10.4. The molecule has 1 aliphatic rings. The number of aryl methyl sites for hydroxylation is 1. The van der Waals surface area contributed by atoms with Gasteiger partial charge in [-0.05, 0) is 73.0 Å². The molecule has 0 aliphatic carbocycles. The van der Waals surface area contributed by atoms with Crippen LogP contribution in [0.3, 0.4) is 0 Å². The maximum atomic E-state index is 13.5. The number of rotatable bonds is 6. The van der Waals surface area contributed by atoms with Gasteiger partial charge in [-0.25, -0.2) is 0 Å². The summed E-state index contributed by atoms with van der Waals surface area (Å²) in [5, 5.41) is 18.2. The van der Waals surface area contributed by atoms with Crippen molar-refractivity contribution < 1.29 is 14.3 Å². The summed E-state index contributed by atoms with van der Waals surface area (Å²) in [6.07, 6.45) is 0. The largest absolute Gasteiger partial charge is 0.493 e. The highest BCUT2D eigenvalue weighted by Gasteiger charge is 2.34. The molecule has 0 saturated carbocycles. The van der Waals surface area contributed by atoms with E-state index in [1.54, 1.807) is 11.8 Å². The number of anilines is 2. The first-order valence-electron chi connectivity index (χ1n) is 10.4. The van der Waals surface area contributed by atoms with Gasteiger partial charge in [-0.15, -0.1) is 0 Å². The Labute approximate surface area is 186 Å². The van der Waals surface area contributed by atoms with Gasteiger partial charge >= 0.3 is 0 Å². The average molecular weight is 435 g/mol. The molecule has 1 unspecified atom stereocenters. The van der Waals surface area contributed by atoms with Gasteiger partial charge in [-0.1, -0.05) is 23.3 Å². The predicted molar refractivity (Wildman–Crippen MR) is 121 cm³/mol. The minimum Gasteiger partial charge on any atom is -0.493 e. The Morgan fingerprint density at radius 2 is 2.00 bits per heavy atom. The van der Waals surface area contributed by atoms with E-state index in [1.807, 2.05) is 64.1 Å². The minimum atomic E-state index is -0.545. The normalized spacial score (nSPS) is 15.1. The van der Waals surface area contributed by atoms with Gasteiger partial charge in [-0.2, -0.15) is 4.68 Å². The van der Waals surface area contributed by atoms with Gasteiger partial charge in [0.25, 0.3) is 5.91 Å². The summed E-state index contributed by atoms with van der Waals surface area (Å²) in [6, 6.07) is 10.9. The molecule has 1 atom stereocenters. The van der Waals surface area contributed by atoms with Crippen LogP contribution < -0.4 is 20.1 Å². The van der Waals surface area contributed by atoms with E-state index in [0.29, 0.717) is 35.3 Å². The van der Waals surface area contributed by atoms with E-state index in [2.05, 4.69) is 26.2 Å². The van der Waals surface area contributed by atoms with E-state index in [-0.39, 0.29) is 5.91 Å². The molecule has 0 saturated heterocycles. The Hall–Kier alpha value is -3.88. The average Bonchev–Trinajstić information content (AvgIpc) is 3.24. The molecule has 0 spiro atoms. The number of amides is 1. The van der Waals surface area contributed by atoms with Crippen LogP contribution in [-0.2, 0) is 4.79 Å². The first kappa shape index (κ1) is 21.4. The van der Waals surface area contributed by atoms with Crippen LogP contribution in [-0.4, -0.2) is 39.8 Å². The monoisotopic (exact) mass is 434 g/mol. The number of nitrogens with zero attached hydrogens (tertiary/aromatic N) is 4. The Morgan fingerprint density at radius 1 is 1.19 bits per heavy atom. The van der Waals surface area contributed by atoms with Crippen molar-refractivity contribution in [3.8, 4) is 11.5 Å². The van der Waals surface area contributed by atoms with E-state index < -0.39 is 6.04 Å². The van der Waals surface area contributed by atoms with Crippen molar-refractivity contribution in [2.75, 3.05) is 24.4 Å². The van der Waals surface area contributed by atoms with Gasteiger partial charge in [0, 0.05) is 11.4 Å². The number of carbonyl (C=O) groups is 1. The molecule has 2 heterocycles. The number of ether oxygens (including phenoxy) is 2. The third-order valence-corrected chi connectivity index (χ3v) is 5.61. The Bertz CT molecular complexity index is 1200. The van der Waals surface area contributed by atoms with Crippen LogP contribution in [0.15, 0.2) is 47.7 Å². The topological polar surface area (TPSA) is 103 Å². The van der Waals surface area contributed by atoms with Gasteiger partial charge in [-0.3, -0.25) is 4.79 Å². The van der Waals surface area contributed by atoms with Crippen molar-refractivity contribution in [1.82, 2.24) is 20.2 Å². The van der Waals surface area contributed by atoms with Crippen LogP contribution in [0.5, 0.6) is 11.5 Å². The van der Waals surface area contributed by atoms with Crippen LogP contribution in [0.4, 0.5) is 11.6 Å². The summed E-state index contributed by atoms with van der Waals surface area (Å²) in [5.74, 6) is 1.43. The molecule has 1 aliphatic heterocycles. The lowest BCUT2D eigenvalue weighted by Crippen LogP contribution is -2.31. The number of carbonyl (C=O) groups excluding carboxylic acids is 1. The second-order valence-corrected chi connectivity index (χ2v) is 7.56. The predicted octanol–water partition coefficient (Wildman–Crippen LogP) is 3.62. The van der Waals surface area contributed by atoms with Gasteiger partial charge in [0.2, 0.25) is 5.95 Å². The molecular formula is C23H26N6O3. The molecule has 0 fully saturated rings. The number of allylic oxidation sites excluding steroid dienone is 1. The van der Waals surface area contributed by atoms with Gasteiger partial charge < -0.3 is 20.1 Å². The first-order chi connectivity index (χ1) is 15.4. The quantitative estimate of drug-likeness (QED) is 0.611. The van der Waals surface area contributed by atoms with Gasteiger partial charge in [0.1, 0.15) is 6.04 Å². The van der Waals surface area contributed by atoms with Gasteiger partial charge in [0.15, 0.2) is 11.5 Å². The van der Waals surface area contributed by atoms with Gasteiger partial charge in [0.05, 0.1) is 19.3 Å². The van der Waals surface area contributed by atoms with E-state index in [4.69, 9.17) is 9.47 Å². The zero-order valence-electron chi connectivity index (χ0n) is 18.8. The molecule has 1 amide bonds. The fourth-order valence-corrected chi connectivity index (χ4v) is 3.82. The van der Waals surface area contributed by atoms with Crippen molar-refractivity contribution >= 4 is 17.5 Å². The maximum Gasteiger partial charge on any atom is 0.255 e. The third-order valence-electron chi connectivity index (χ3n) is 5.61. The number of nitrogens with one attached hydrogen (secondary N) is 2. The molecule has 3 aromatic rings. The standard InChI is InChI=1S/C23H26N6O3/c1-6-32-19-12-16(10-11-18(19)31-5)21-20(15(4)24-23-26-27-28-29(21)23)22(30)25-17-9-7-8-13(2)14(17)3/h7-12,21H,6H2,1-5H3,(H,25,30)(H,24,26,28). The van der Waals surface area contributed by atoms with Crippen molar-refractivity contribution in [2.45, 2.75) is 33.7 Å².